The van der Waals surface area contributed by atoms with Gasteiger partial charge in [-0.25, -0.2) is 23.1 Å². The fraction of sp³-hybridized carbons (Fsp3) is 0.375. The van der Waals surface area contributed by atoms with Crippen molar-refractivity contribution < 1.29 is 13.2 Å². The molecule has 0 radical (unpaired) electrons. The van der Waals surface area contributed by atoms with E-state index >= 15 is 0 Å². The molecule has 3 N–H and O–H groups in total. The predicted octanol–water partition coefficient (Wildman–Crippen LogP) is 1.96. The Bertz CT molecular complexity index is 816. The molecule has 8 heteroatoms. The van der Waals surface area contributed by atoms with Crippen LogP contribution in [-0.2, 0) is 10.0 Å². The van der Waals surface area contributed by atoms with E-state index in [4.69, 9.17) is 10.5 Å². The van der Waals surface area contributed by atoms with Crippen LogP contribution in [0.15, 0.2) is 35.5 Å². The maximum Gasteiger partial charge on any atom is 0.244 e. The molecule has 24 heavy (non-hydrogen) atoms. The van der Waals surface area contributed by atoms with Crippen molar-refractivity contribution in [2.75, 3.05) is 12.8 Å². The Labute approximate surface area is 141 Å². The van der Waals surface area contributed by atoms with Gasteiger partial charge in [-0.2, -0.15) is 0 Å². The summed E-state index contributed by atoms with van der Waals surface area (Å²) in [6.45, 7) is 0. The summed E-state index contributed by atoms with van der Waals surface area (Å²) in [4.78, 5) is 8.00. The first kappa shape index (κ1) is 16.7. The van der Waals surface area contributed by atoms with E-state index in [1.807, 2.05) is 0 Å². The Balaban J connectivity index is 1.98. The van der Waals surface area contributed by atoms with Gasteiger partial charge in [0, 0.05) is 24.0 Å². The topological polar surface area (TPSA) is 107 Å². The zero-order valence-corrected chi connectivity index (χ0v) is 14.2. The minimum absolute atomic E-state index is 0.0109. The number of nitrogens with one attached hydrogen (secondary N) is 1. The van der Waals surface area contributed by atoms with Gasteiger partial charge < -0.3 is 10.5 Å². The highest BCUT2D eigenvalue weighted by atomic mass is 32.2. The number of benzene rings is 1. The van der Waals surface area contributed by atoms with E-state index in [2.05, 4.69) is 14.7 Å². The van der Waals surface area contributed by atoms with Gasteiger partial charge in [-0.05, 0) is 30.5 Å². The number of nitrogens with two attached hydrogens (primary N) is 1. The molecule has 0 aliphatic heterocycles. The number of hydrogen-bond donors (Lipinski definition) is 2. The fourth-order valence-corrected chi connectivity index (χ4v) is 4.38. The number of hydrogen-bond acceptors (Lipinski definition) is 6. The Morgan fingerprint density at radius 3 is 2.46 bits per heavy atom. The smallest absolute Gasteiger partial charge is 0.244 e. The maximum absolute atomic E-state index is 12.8. The Morgan fingerprint density at radius 2 is 1.83 bits per heavy atom. The highest BCUT2D eigenvalue weighted by Crippen LogP contribution is 2.30. The van der Waals surface area contributed by atoms with Crippen LogP contribution in [0.1, 0.15) is 25.7 Å². The van der Waals surface area contributed by atoms with Gasteiger partial charge in [0.05, 0.1) is 7.11 Å². The van der Waals surface area contributed by atoms with Crippen molar-refractivity contribution in [3.05, 3.63) is 30.6 Å². The number of anilines is 1. The molecule has 1 fully saturated rings. The Kier molecular flexibility index (Phi) is 4.68. The minimum Gasteiger partial charge on any atom is -0.495 e. The van der Waals surface area contributed by atoms with Crippen molar-refractivity contribution in [2.45, 2.75) is 36.6 Å². The molecule has 1 aliphatic rings. The van der Waals surface area contributed by atoms with E-state index < -0.39 is 10.0 Å². The first-order valence-electron chi connectivity index (χ1n) is 7.78. The Hall–Kier alpha value is -2.19. The van der Waals surface area contributed by atoms with Crippen LogP contribution in [0.25, 0.3) is 11.1 Å². The number of nitrogens with zero attached hydrogens (tertiary/aromatic N) is 2. The number of sulfonamides is 1. The van der Waals surface area contributed by atoms with Gasteiger partial charge in [-0.3, -0.25) is 0 Å². The summed E-state index contributed by atoms with van der Waals surface area (Å²) in [6, 6.07) is 4.96. The molecular formula is C16H20N4O3S. The first-order chi connectivity index (χ1) is 11.5. The first-order valence-corrected chi connectivity index (χ1v) is 9.26. The number of methoxy groups -OCH3 is 1. The molecule has 128 valence electrons. The van der Waals surface area contributed by atoms with Crippen molar-refractivity contribution in [1.82, 2.24) is 14.7 Å². The highest BCUT2D eigenvalue weighted by molar-refractivity contribution is 7.89. The second kappa shape index (κ2) is 6.74. The van der Waals surface area contributed by atoms with Gasteiger partial charge in [-0.1, -0.05) is 18.9 Å². The molecule has 1 heterocycles. The van der Waals surface area contributed by atoms with Gasteiger partial charge in [0.2, 0.25) is 16.0 Å². The molecule has 1 aromatic heterocycles. The summed E-state index contributed by atoms with van der Waals surface area (Å²) in [5.74, 6) is 0.476. The number of aromatic nitrogens is 2. The third-order valence-electron chi connectivity index (χ3n) is 4.14. The van der Waals surface area contributed by atoms with E-state index in [0.717, 1.165) is 25.7 Å². The second-order valence-corrected chi connectivity index (χ2v) is 7.48. The lowest BCUT2D eigenvalue weighted by Gasteiger charge is -2.15. The predicted molar refractivity (Wildman–Crippen MR) is 91.0 cm³/mol. The standard InChI is InChI=1S/C16H20N4O3S/c1-23-14-7-6-11(12-9-18-16(17)19-10-12)8-15(14)24(21,22)20-13-4-2-3-5-13/h6-10,13,20H,2-5H2,1H3,(H2,17,18,19). The van der Waals surface area contributed by atoms with Crippen molar-refractivity contribution in [3.8, 4) is 16.9 Å². The van der Waals surface area contributed by atoms with E-state index in [-0.39, 0.29) is 16.9 Å². The van der Waals surface area contributed by atoms with Gasteiger partial charge in [0.25, 0.3) is 0 Å². The average molecular weight is 348 g/mol. The molecule has 0 amide bonds. The highest BCUT2D eigenvalue weighted by Gasteiger charge is 2.26. The van der Waals surface area contributed by atoms with E-state index in [9.17, 15) is 8.42 Å². The minimum atomic E-state index is -3.67. The van der Waals surface area contributed by atoms with Crippen LogP contribution in [0.2, 0.25) is 0 Å². The quantitative estimate of drug-likeness (QED) is 0.855. The molecule has 0 saturated heterocycles. The molecular weight excluding hydrogens is 328 g/mol. The summed E-state index contributed by atoms with van der Waals surface area (Å²) < 4.78 is 33.5. The number of rotatable bonds is 5. The normalized spacial score (nSPS) is 15.5. The van der Waals surface area contributed by atoms with Gasteiger partial charge in [0.1, 0.15) is 10.6 Å². The lowest BCUT2D eigenvalue weighted by molar-refractivity contribution is 0.402. The SMILES string of the molecule is COc1ccc(-c2cnc(N)nc2)cc1S(=O)(=O)NC1CCCC1. The van der Waals surface area contributed by atoms with Crippen molar-refractivity contribution in [1.29, 1.82) is 0 Å². The summed E-state index contributed by atoms with van der Waals surface area (Å²) in [7, 11) is -2.21. The number of ether oxygens (including phenoxy) is 1. The molecule has 0 unspecified atom stereocenters. The molecule has 0 bridgehead atoms. The zero-order valence-electron chi connectivity index (χ0n) is 13.4. The average Bonchev–Trinajstić information content (AvgIpc) is 3.07. The van der Waals surface area contributed by atoms with E-state index in [1.54, 1.807) is 30.6 Å². The van der Waals surface area contributed by atoms with E-state index in [0.29, 0.717) is 16.9 Å². The lowest BCUT2D eigenvalue weighted by Crippen LogP contribution is -2.32. The van der Waals surface area contributed by atoms with Crippen LogP contribution in [0.3, 0.4) is 0 Å². The Morgan fingerprint density at radius 1 is 1.17 bits per heavy atom. The molecule has 1 aliphatic carbocycles. The van der Waals surface area contributed by atoms with Crippen molar-refractivity contribution in [3.63, 3.8) is 0 Å². The van der Waals surface area contributed by atoms with Crippen LogP contribution in [0.5, 0.6) is 5.75 Å². The largest absolute Gasteiger partial charge is 0.495 e. The van der Waals surface area contributed by atoms with Gasteiger partial charge in [-0.15, -0.1) is 0 Å². The van der Waals surface area contributed by atoms with Crippen LogP contribution in [0.4, 0.5) is 5.95 Å². The molecule has 0 spiro atoms. The monoisotopic (exact) mass is 348 g/mol. The third kappa shape index (κ3) is 3.49. The summed E-state index contributed by atoms with van der Waals surface area (Å²) in [5.41, 5.74) is 6.86. The molecule has 1 aromatic carbocycles. The molecule has 7 nitrogen and oxygen atoms in total. The number of nitrogen functional groups attached to an aromatic ring is 1. The molecule has 2 aromatic rings. The van der Waals surface area contributed by atoms with Gasteiger partial charge in [0.15, 0.2) is 0 Å². The van der Waals surface area contributed by atoms with Crippen LogP contribution in [-0.4, -0.2) is 31.5 Å². The third-order valence-corrected chi connectivity index (χ3v) is 5.68. The fourth-order valence-electron chi connectivity index (χ4n) is 2.88. The van der Waals surface area contributed by atoms with Crippen molar-refractivity contribution >= 4 is 16.0 Å². The molecule has 1 saturated carbocycles. The van der Waals surface area contributed by atoms with Crippen LogP contribution >= 0.6 is 0 Å². The summed E-state index contributed by atoms with van der Waals surface area (Å²) in [6.07, 6.45) is 6.95. The maximum atomic E-state index is 12.8. The summed E-state index contributed by atoms with van der Waals surface area (Å²) in [5, 5.41) is 0. The van der Waals surface area contributed by atoms with Crippen LogP contribution < -0.4 is 15.2 Å². The zero-order chi connectivity index (χ0) is 17.2. The van der Waals surface area contributed by atoms with Crippen LogP contribution in [0, 0.1) is 0 Å². The summed E-state index contributed by atoms with van der Waals surface area (Å²) >= 11 is 0. The molecule has 3 rings (SSSR count). The van der Waals surface area contributed by atoms with E-state index in [1.165, 1.54) is 7.11 Å². The van der Waals surface area contributed by atoms with Crippen molar-refractivity contribution in [2.24, 2.45) is 0 Å². The second-order valence-electron chi connectivity index (χ2n) is 5.80. The lowest BCUT2D eigenvalue weighted by atomic mass is 10.1. The van der Waals surface area contributed by atoms with Gasteiger partial charge >= 0.3 is 0 Å². The molecule has 0 atom stereocenters.